The average Bonchev–Trinajstić information content (AvgIpc) is 3.02. The van der Waals surface area contributed by atoms with E-state index < -0.39 is 6.04 Å². The molecule has 0 bridgehead atoms. The maximum absolute atomic E-state index is 12.6. The Labute approximate surface area is 170 Å². The summed E-state index contributed by atoms with van der Waals surface area (Å²) in [6, 6.07) is 10.3. The van der Waals surface area contributed by atoms with E-state index in [9.17, 15) is 9.59 Å². The Morgan fingerprint density at radius 2 is 1.83 bits per heavy atom. The van der Waals surface area contributed by atoms with Crippen LogP contribution in [-0.4, -0.2) is 30.6 Å². The van der Waals surface area contributed by atoms with Crippen LogP contribution in [0.1, 0.15) is 33.3 Å². The molecule has 0 spiro atoms. The molecule has 154 valence electrons. The minimum atomic E-state index is -0.499. The lowest BCUT2D eigenvalue weighted by Crippen LogP contribution is -2.32. The van der Waals surface area contributed by atoms with Crippen LogP contribution in [-0.2, 0) is 16.0 Å². The zero-order valence-electron chi connectivity index (χ0n) is 17.2. The predicted octanol–water partition coefficient (Wildman–Crippen LogP) is 3.81. The number of nitrogens with one attached hydrogen (secondary N) is 3. The van der Waals surface area contributed by atoms with Crippen LogP contribution in [0.25, 0.3) is 0 Å². The molecule has 2 aromatic carbocycles. The molecule has 0 aromatic heterocycles. The van der Waals surface area contributed by atoms with Crippen LogP contribution in [0.2, 0.25) is 0 Å². The van der Waals surface area contributed by atoms with E-state index in [-0.39, 0.29) is 17.9 Å². The molecule has 3 rings (SSSR count). The van der Waals surface area contributed by atoms with Crippen molar-refractivity contribution in [2.45, 2.75) is 46.3 Å². The number of ether oxygens (including phenoxy) is 2. The zero-order valence-corrected chi connectivity index (χ0v) is 17.2. The molecule has 0 aliphatic carbocycles. The summed E-state index contributed by atoms with van der Waals surface area (Å²) in [5.41, 5.74) is 3.16. The Morgan fingerprint density at radius 1 is 1.17 bits per heavy atom. The van der Waals surface area contributed by atoms with Crippen LogP contribution in [0.15, 0.2) is 36.4 Å². The Morgan fingerprint density at radius 3 is 2.45 bits per heavy atom. The van der Waals surface area contributed by atoms with Gasteiger partial charge in [0.25, 0.3) is 0 Å². The molecule has 1 aliphatic rings. The molecule has 0 fully saturated rings. The number of carbonyl (C=O) groups excluding carboxylic acids is 2. The third-order valence-corrected chi connectivity index (χ3v) is 4.54. The smallest absolute Gasteiger partial charge is 0.246 e. The van der Waals surface area contributed by atoms with Crippen LogP contribution in [0.5, 0.6) is 11.5 Å². The topological polar surface area (TPSA) is 88.7 Å². The average molecular weight is 397 g/mol. The summed E-state index contributed by atoms with van der Waals surface area (Å²) in [4.78, 5) is 23.7. The Kier molecular flexibility index (Phi) is 6.26. The van der Waals surface area contributed by atoms with Crippen molar-refractivity contribution in [1.82, 2.24) is 0 Å². The minimum Gasteiger partial charge on any atom is -0.492 e. The van der Waals surface area contributed by atoms with Gasteiger partial charge in [0.05, 0.1) is 12.3 Å². The van der Waals surface area contributed by atoms with Crippen LogP contribution >= 0.6 is 0 Å². The van der Waals surface area contributed by atoms with Gasteiger partial charge in [-0.2, -0.15) is 0 Å². The van der Waals surface area contributed by atoms with Gasteiger partial charge in [0, 0.05) is 36.3 Å². The number of hydrogen-bond donors (Lipinski definition) is 3. The summed E-state index contributed by atoms with van der Waals surface area (Å²) >= 11 is 0. The van der Waals surface area contributed by atoms with Gasteiger partial charge in [-0.05, 0) is 51.1 Å². The zero-order chi connectivity index (χ0) is 21.0. The van der Waals surface area contributed by atoms with Crippen LogP contribution in [0.4, 0.5) is 17.1 Å². The second-order valence-corrected chi connectivity index (χ2v) is 7.14. The first kappa shape index (κ1) is 20.5. The minimum absolute atomic E-state index is 0.135. The van der Waals surface area contributed by atoms with Crippen molar-refractivity contribution in [2.24, 2.45) is 0 Å². The van der Waals surface area contributed by atoms with Gasteiger partial charge in [-0.3, -0.25) is 9.59 Å². The fourth-order valence-corrected chi connectivity index (χ4v) is 3.22. The van der Waals surface area contributed by atoms with E-state index in [2.05, 4.69) is 16.0 Å². The van der Waals surface area contributed by atoms with Crippen molar-refractivity contribution in [1.29, 1.82) is 0 Å². The normalized spacial score (nSPS) is 15.7. The molecule has 7 heteroatoms. The fourth-order valence-electron chi connectivity index (χ4n) is 3.22. The highest BCUT2D eigenvalue weighted by atomic mass is 16.5. The van der Waals surface area contributed by atoms with Gasteiger partial charge in [-0.25, -0.2) is 0 Å². The van der Waals surface area contributed by atoms with E-state index >= 15 is 0 Å². The largest absolute Gasteiger partial charge is 0.492 e. The third-order valence-electron chi connectivity index (χ3n) is 4.54. The molecule has 2 amide bonds. The number of anilines is 3. The summed E-state index contributed by atoms with van der Waals surface area (Å²) in [6.07, 6.45) is 0.983. The highest BCUT2D eigenvalue weighted by Crippen LogP contribution is 2.38. The van der Waals surface area contributed by atoms with Crippen LogP contribution in [0, 0.1) is 0 Å². The van der Waals surface area contributed by atoms with Crippen molar-refractivity contribution < 1.29 is 19.1 Å². The first-order valence-electron chi connectivity index (χ1n) is 9.77. The van der Waals surface area contributed by atoms with E-state index in [0.717, 1.165) is 23.4 Å². The number of amides is 2. The molecular weight excluding hydrogens is 370 g/mol. The summed E-state index contributed by atoms with van der Waals surface area (Å²) in [5.74, 6) is 1.21. The molecule has 0 radical (unpaired) electrons. The molecule has 1 aliphatic heterocycles. The lowest BCUT2D eigenvalue weighted by molar-refractivity contribution is -0.116. The maximum atomic E-state index is 12.6. The maximum Gasteiger partial charge on any atom is 0.246 e. The van der Waals surface area contributed by atoms with E-state index in [0.29, 0.717) is 23.7 Å². The molecule has 29 heavy (non-hydrogen) atoms. The van der Waals surface area contributed by atoms with Crippen molar-refractivity contribution >= 4 is 28.9 Å². The van der Waals surface area contributed by atoms with E-state index in [4.69, 9.17) is 9.47 Å². The summed E-state index contributed by atoms with van der Waals surface area (Å²) in [6.45, 7) is 7.72. The van der Waals surface area contributed by atoms with Crippen molar-refractivity contribution in [3.8, 4) is 11.5 Å². The van der Waals surface area contributed by atoms with Gasteiger partial charge in [0.1, 0.15) is 23.6 Å². The van der Waals surface area contributed by atoms with Gasteiger partial charge in [-0.15, -0.1) is 0 Å². The Bertz CT molecular complexity index is 896. The fraction of sp³-hybridized carbons (Fsp3) is 0.364. The predicted molar refractivity (Wildman–Crippen MR) is 114 cm³/mol. The van der Waals surface area contributed by atoms with E-state index in [1.54, 1.807) is 31.2 Å². The quantitative estimate of drug-likeness (QED) is 0.661. The van der Waals surface area contributed by atoms with Gasteiger partial charge in [0.15, 0.2) is 0 Å². The highest BCUT2D eigenvalue weighted by Gasteiger charge is 2.23. The molecule has 0 saturated heterocycles. The molecular formula is C22H27N3O4. The van der Waals surface area contributed by atoms with E-state index in [1.165, 1.54) is 6.92 Å². The third kappa shape index (κ3) is 5.19. The summed E-state index contributed by atoms with van der Waals surface area (Å²) in [5, 5.41) is 8.78. The first-order chi connectivity index (χ1) is 13.9. The monoisotopic (exact) mass is 397 g/mol. The SMILES string of the molecule is CCOc1cc2c(cc1NC(C)C(=O)Nc1ccc(NC(C)=O)cc1)OC(C)C2. The summed E-state index contributed by atoms with van der Waals surface area (Å²) in [7, 11) is 0. The summed E-state index contributed by atoms with van der Waals surface area (Å²) < 4.78 is 11.6. The second kappa shape index (κ2) is 8.86. The lowest BCUT2D eigenvalue weighted by Gasteiger charge is -2.19. The van der Waals surface area contributed by atoms with Gasteiger partial charge < -0.3 is 25.4 Å². The molecule has 7 nitrogen and oxygen atoms in total. The molecule has 1 heterocycles. The van der Waals surface area contributed by atoms with Crippen LogP contribution in [0.3, 0.4) is 0 Å². The van der Waals surface area contributed by atoms with Crippen molar-refractivity contribution in [2.75, 3.05) is 22.6 Å². The molecule has 2 atom stereocenters. The Balaban J connectivity index is 1.68. The highest BCUT2D eigenvalue weighted by molar-refractivity contribution is 5.97. The number of carbonyl (C=O) groups is 2. The first-order valence-corrected chi connectivity index (χ1v) is 9.77. The molecule has 3 N–H and O–H groups in total. The Hall–Kier alpha value is -3.22. The second-order valence-electron chi connectivity index (χ2n) is 7.14. The number of benzene rings is 2. The number of hydrogen-bond acceptors (Lipinski definition) is 5. The van der Waals surface area contributed by atoms with Crippen molar-refractivity contribution in [3.05, 3.63) is 42.0 Å². The number of fused-ring (bicyclic) bond motifs is 1. The lowest BCUT2D eigenvalue weighted by atomic mass is 10.1. The van der Waals surface area contributed by atoms with Gasteiger partial charge in [0.2, 0.25) is 11.8 Å². The van der Waals surface area contributed by atoms with E-state index in [1.807, 2.05) is 26.0 Å². The van der Waals surface area contributed by atoms with Crippen LogP contribution < -0.4 is 25.4 Å². The number of rotatable bonds is 7. The van der Waals surface area contributed by atoms with Crippen molar-refractivity contribution in [3.63, 3.8) is 0 Å². The molecule has 2 unspecified atom stereocenters. The molecule has 0 saturated carbocycles. The van der Waals surface area contributed by atoms with Gasteiger partial charge >= 0.3 is 0 Å². The molecule has 2 aromatic rings. The van der Waals surface area contributed by atoms with Gasteiger partial charge in [-0.1, -0.05) is 0 Å². The standard InChI is InChI=1S/C22H27N3O4/c1-5-28-21-11-16-10-13(2)29-20(16)12-19(21)23-14(3)22(27)25-18-8-6-17(7-9-18)24-15(4)26/h6-9,11-14,23H,5,10H2,1-4H3,(H,24,26)(H,25,27).